The standard InChI is InChI=1S/C34H46N8O3/c1-3-29(43-27-11-7-5-8-12-27)33(31(37-15-17-39-33)41-23-19-35-20-24-41)45-34(30(4-2)44-28-13-9-6-10-14-28)32(38-16-18-40-34)42-25-21-36-22-26-42/h5-18,29-30,35-36,39-40H,3-4,19-26H2,1-2H3. The molecular weight excluding hydrogens is 568 g/mol. The van der Waals surface area contributed by atoms with Gasteiger partial charge >= 0.3 is 0 Å². The number of hydrogen-bond donors (Lipinski definition) is 4. The van der Waals surface area contributed by atoms with Crippen LogP contribution in [0.5, 0.6) is 11.5 Å². The van der Waals surface area contributed by atoms with Gasteiger partial charge in [0.2, 0.25) is 11.4 Å². The first kappa shape index (κ1) is 30.9. The Bertz CT molecular complexity index is 1250. The van der Waals surface area contributed by atoms with Gasteiger partial charge in [0.1, 0.15) is 11.5 Å². The first-order valence-electron chi connectivity index (χ1n) is 16.3. The second-order valence-corrected chi connectivity index (χ2v) is 11.5. The summed E-state index contributed by atoms with van der Waals surface area (Å²) in [6, 6.07) is 19.9. The number of benzene rings is 2. The van der Waals surface area contributed by atoms with E-state index in [2.05, 4.69) is 44.9 Å². The smallest absolute Gasteiger partial charge is 0.237 e. The van der Waals surface area contributed by atoms with Gasteiger partial charge in [-0.1, -0.05) is 50.2 Å². The van der Waals surface area contributed by atoms with Crippen LogP contribution in [0.2, 0.25) is 0 Å². The van der Waals surface area contributed by atoms with Crippen molar-refractivity contribution in [2.24, 2.45) is 9.98 Å². The molecule has 4 N–H and O–H groups in total. The molecule has 0 saturated carbocycles. The molecule has 6 rings (SSSR count). The molecule has 0 aromatic heterocycles. The number of para-hydroxylation sites is 2. The fourth-order valence-corrected chi connectivity index (χ4v) is 6.49. The summed E-state index contributed by atoms with van der Waals surface area (Å²) in [5, 5.41) is 14.3. The Kier molecular flexibility index (Phi) is 9.88. The molecule has 11 nitrogen and oxygen atoms in total. The molecule has 0 bridgehead atoms. The van der Waals surface area contributed by atoms with Gasteiger partial charge in [0, 0.05) is 77.2 Å². The third-order valence-corrected chi connectivity index (χ3v) is 8.65. The molecule has 4 aliphatic rings. The van der Waals surface area contributed by atoms with Crippen molar-refractivity contribution in [2.45, 2.75) is 50.3 Å². The summed E-state index contributed by atoms with van der Waals surface area (Å²) in [4.78, 5) is 14.7. The van der Waals surface area contributed by atoms with Crippen LogP contribution in [0.3, 0.4) is 0 Å². The van der Waals surface area contributed by atoms with Gasteiger partial charge in [-0.25, -0.2) is 9.98 Å². The van der Waals surface area contributed by atoms with Crippen molar-refractivity contribution in [3.8, 4) is 11.5 Å². The van der Waals surface area contributed by atoms with E-state index in [1.807, 2.05) is 73.1 Å². The number of nitrogens with one attached hydrogen (secondary N) is 4. The van der Waals surface area contributed by atoms with Crippen LogP contribution in [-0.4, -0.2) is 97.5 Å². The lowest BCUT2D eigenvalue weighted by Crippen LogP contribution is -2.77. The van der Waals surface area contributed by atoms with E-state index in [1.165, 1.54) is 0 Å². The molecule has 4 atom stereocenters. The van der Waals surface area contributed by atoms with Crippen molar-refractivity contribution < 1.29 is 14.2 Å². The molecule has 0 spiro atoms. The van der Waals surface area contributed by atoms with E-state index in [0.717, 1.165) is 75.5 Å². The molecule has 45 heavy (non-hydrogen) atoms. The van der Waals surface area contributed by atoms with Crippen LogP contribution in [0.25, 0.3) is 0 Å². The SMILES string of the molecule is CCC(Oc1ccccc1)C1(OC2(C(CC)Oc3ccccc3)NC=CN=C2N2CCNCC2)NC=CN=C1N1CCNCC1. The Morgan fingerprint density at radius 1 is 0.644 bits per heavy atom. The average molecular weight is 615 g/mol. The molecule has 2 fully saturated rings. The van der Waals surface area contributed by atoms with Crippen LogP contribution >= 0.6 is 0 Å². The van der Waals surface area contributed by atoms with Gasteiger partial charge in [-0.05, 0) is 37.1 Å². The number of rotatable bonds is 10. The minimum Gasteiger partial charge on any atom is -0.485 e. The van der Waals surface area contributed by atoms with E-state index in [-0.39, 0.29) is 0 Å². The normalized spacial score (nSPS) is 26.2. The van der Waals surface area contributed by atoms with E-state index >= 15 is 0 Å². The second-order valence-electron chi connectivity index (χ2n) is 11.5. The zero-order chi connectivity index (χ0) is 31.0. The second kappa shape index (κ2) is 14.4. The maximum absolute atomic E-state index is 7.73. The number of aliphatic imine (C=N–C) groups is 2. The molecule has 4 aliphatic heterocycles. The van der Waals surface area contributed by atoms with E-state index < -0.39 is 23.7 Å². The summed E-state index contributed by atoms with van der Waals surface area (Å²) >= 11 is 0. The number of amidine groups is 2. The topological polar surface area (TPSA) is 107 Å². The van der Waals surface area contributed by atoms with Gasteiger partial charge in [0.25, 0.3) is 0 Å². The quantitative estimate of drug-likeness (QED) is 0.322. The predicted molar refractivity (Wildman–Crippen MR) is 177 cm³/mol. The monoisotopic (exact) mass is 614 g/mol. The number of hydrogen-bond acceptors (Lipinski definition) is 11. The summed E-state index contributed by atoms with van der Waals surface area (Å²) in [6.07, 6.45) is 7.66. The first-order chi connectivity index (χ1) is 22.2. The number of nitrogens with zero attached hydrogens (tertiary/aromatic N) is 4. The number of piperazine rings is 2. The third kappa shape index (κ3) is 6.51. The van der Waals surface area contributed by atoms with E-state index in [1.54, 1.807) is 12.4 Å². The Morgan fingerprint density at radius 2 is 1.04 bits per heavy atom. The van der Waals surface area contributed by atoms with Gasteiger partial charge < -0.3 is 45.3 Å². The molecule has 0 radical (unpaired) electrons. The Hall–Kier alpha value is -4.06. The van der Waals surface area contributed by atoms with Crippen LogP contribution in [0, 0.1) is 0 Å². The molecular formula is C34H46N8O3. The predicted octanol–water partition coefficient (Wildman–Crippen LogP) is 2.87. The fraction of sp³-hybridized carbons (Fsp3) is 0.471. The highest BCUT2D eigenvalue weighted by Crippen LogP contribution is 2.37. The number of ether oxygens (including phenoxy) is 3. The van der Waals surface area contributed by atoms with Crippen LogP contribution in [0.1, 0.15) is 26.7 Å². The van der Waals surface area contributed by atoms with Gasteiger partial charge in [-0.15, -0.1) is 0 Å². The highest BCUT2D eigenvalue weighted by atomic mass is 16.6. The molecule has 11 heteroatoms. The Labute approximate surface area is 266 Å². The minimum atomic E-state index is -1.21. The minimum absolute atomic E-state index is 0.471. The largest absolute Gasteiger partial charge is 0.485 e. The summed E-state index contributed by atoms with van der Waals surface area (Å²) in [7, 11) is 0. The molecule has 2 saturated heterocycles. The maximum Gasteiger partial charge on any atom is 0.237 e. The van der Waals surface area contributed by atoms with Crippen LogP contribution in [0.4, 0.5) is 0 Å². The van der Waals surface area contributed by atoms with Crippen molar-refractivity contribution in [1.82, 2.24) is 31.1 Å². The highest BCUT2D eigenvalue weighted by Gasteiger charge is 2.59. The van der Waals surface area contributed by atoms with E-state index in [9.17, 15) is 0 Å². The van der Waals surface area contributed by atoms with Crippen molar-refractivity contribution in [3.63, 3.8) is 0 Å². The van der Waals surface area contributed by atoms with Crippen molar-refractivity contribution in [2.75, 3.05) is 52.4 Å². The molecule has 4 unspecified atom stereocenters. The molecule has 2 aromatic rings. The lowest BCUT2D eigenvalue weighted by atomic mass is 9.94. The van der Waals surface area contributed by atoms with Crippen molar-refractivity contribution in [1.29, 1.82) is 0 Å². The van der Waals surface area contributed by atoms with Crippen molar-refractivity contribution in [3.05, 3.63) is 85.5 Å². The van der Waals surface area contributed by atoms with Gasteiger partial charge in [-0.3, -0.25) is 0 Å². The zero-order valence-corrected chi connectivity index (χ0v) is 26.3. The van der Waals surface area contributed by atoms with Crippen LogP contribution in [-0.2, 0) is 4.74 Å². The summed E-state index contributed by atoms with van der Waals surface area (Å²) in [5.41, 5.74) is -2.42. The molecule has 2 aromatic carbocycles. The van der Waals surface area contributed by atoms with Gasteiger partial charge in [0.15, 0.2) is 23.9 Å². The maximum atomic E-state index is 7.73. The highest BCUT2D eigenvalue weighted by molar-refractivity contribution is 5.96. The molecule has 0 aliphatic carbocycles. The summed E-state index contributed by atoms with van der Waals surface area (Å²) in [6.45, 7) is 10.8. The van der Waals surface area contributed by atoms with Crippen molar-refractivity contribution >= 4 is 11.7 Å². The van der Waals surface area contributed by atoms with Gasteiger partial charge in [0.05, 0.1) is 0 Å². The molecule has 4 heterocycles. The Morgan fingerprint density at radius 3 is 1.42 bits per heavy atom. The van der Waals surface area contributed by atoms with Gasteiger partial charge in [-0.2, -0.15) is 0 Å². The Balaban J connectivity index is 1.50. The zero-order valence-electron chi connectivity index (χ0n) is 26.3. The summed E-state index contributed by atoms with van der Waals surface area (Å²) in [5.74, 6) is 3.08. The van der Waals surface area contributed by atoms with E-state index in [0.29, 0.717) is 12.8 Å². The molecule has 0 amide bonds. The average Bonchev–Trinajstić information content (AvgIpc) is 3.11. The lowest BCUT2D eigenvalue weighted by Gasteiger charge is -2.53. The first-order valence-corrected chi connectivity index (χ1v) is 16.3. The van der Waals surface area contributed by atoms with Crippen LogP contribution in [0.15, 0.2) is 95.4 Å². The van der Waals surface area contributed by atoms with E-state index in [4.69, 9.17) is 24.2 Å². The fourth-order valence-electron chi connectivity index (χ4n) is 6.49. The summed E-state index contributed by atoms with van der Waals surface area (Å²) < 4.78 is 21.4. The lowest BCUT2D eigenvalue weighted by molar-refractivity contribution is -0.190. The molecule has 240 valence electrons. The third-order valence-electron chi connectivity index (χ3n) is 8.65. The van der Waals surface area contributed by atoms with Crippen LogP contribution < -0.4 is 30.7 Å².